The van der Waals surface area contributed by atoms with Crippen LogP contribution in [0.3, 0.4) is 0 Å². The third-order valence-corrected chi connectivity index (χ3v) is 3.52. The van der Waals surface area contributed by atoms with Crippen LogP contribution >= 0.6 is 22.9 Å². The van der Waals surface area contributed by atoms with E-state index >= 15 is 0 Å². The van der Waals surface area contributed by atoms with Gasteiger partial charge in [-0.15, -0.1) is 11.3 Å². The molecule has 0 aliphatic heterocycles. The van der Waals surface area contributed by atoms with Gasteiger partial charge in [-0.3, -0.25) is 0 Å². The van der Waals surface area contributed by atoms with Gasteiger partial charge in [-0.25, -0.2) is 0 Å². The maximum Gasteiger partial charge on any atom is 0.138 e. The number of nitrogens with zero attached hydrogens (tertiary/aromatic N) is 1. The molecular formula is C13H10ClNOS. The van der Waals surface area contributed by atoms with Crippen molar-refractivity contribution in [2.45, 2.75) is 6.42 Å². The smallest absolute Gasteiger partial charge is 0.138 e. The number of hydrogen-bond donors (Lipinski definition) is 0. The van der Waals surface area contributed by atoms with Crippen LogP contribution in [0.5, 0.6) is 5.75 Å². The average molecular weight is 264 g/mol. The van der Waals surface area contributed by atoms with Crippen LogP contribution in [0.4, 0.5) is 0 Å². The molecule has 0 aliphatic rings. The van der Waals surface area contributed by atoms with Gasteiger partial charge in [-0.2, -0.15) is 5.26 Å². The highest BCUT2D eigenvalue weighted by atomic mass is 35.5. The molecule has 0 bridgehead atoms. The van der Waals surface area contributed by atoms with Gasteiger partial charge in [-0.1, -0.05) is 23.7 Å². The maximum absolute atomic E-state index is 8.97. The van der Waals surface area contributed by atoms with Crippen molar-refractivity contribution in [3.63, 3.8) is 0 Å². The lowest BCUT2D eigenvalue weighted by Gasteiger charge is -2.07. The number of ether oxygens (including phenoxy) is 1. The van der Waals surface area contributed by atoms with Crippen LogP contribution in [0.2, 0.25) is 5.02 Å². The third kappa shape index (κ3) is 3.00. The Hall–Kier alpha value is -1.50. The molecular weight excluding hydrogens is 254 g/mol. The zero-order valence-corrected chi connectivity index (χ0v) is 10.6. The van der Waals surface area contributed by atoms with Gasteiger partial charge in [0.05, 0.1) is 11.6 Å². The number of hydrogen-bond acceptors (Lipinski definition) is 3. The first-order chi connectivity index (χ1) is 8.31. The molecule has 0 saturated heterocycles. The van der Waals surface area contributed by atoms with E-state index in [4.69, 9.17) is 21.6 Å². The molecule has 4 heteroatoms. The van der Waals surface area contributed by atoms with E-state index in [0.29, 0.717) is 22.9 Å². The van der Waals surface area contributed by atoms with E-state index in [2.05, 4.69) is 12.1 Å². The first-order valence-corrected chi connectivity index (χ1v) is 6.41. The van der Waals surface area contributed by atoms with Gasteiger partial charge in [0.15, 0.2) is 0 Å². The minimum absolute atomic E-state index is 0.403. The van der Waals surface area contributed by atoms with E-state index in [1.807, 2.05) is 11.4 Å². The Morgan fingerprint density at radius 1 is 1.29 bits per heavy atom. The molecule has 0 aliphatic carbocycles. The summed E-state index contributed by atoms with van der Waals surface area (Å²) in [6.07, 6.45) is 0.842. The van der Waals surface area contributed by atoms with Crippen LogP contribution in [0.1, 0.15) is 10.4 Å². The lowest BCUT2D eigenvalue weighted by Crippen LogP contribution is -2.01. The van der Waals surface area contributed by atoms with E-state index in [1.165, 1.54) is 4.88 Å². The Labute approximate surface area is 109 Å². The molecule has 1 heterocycles. The summed E-state index contributed by atoms with van der Waals surface area (Å²) in [5.41, 5.74) is 0.403. The van der Waals surface area contributed by atoms with Crippen LogP contribution in [0.25, 0.3) is 0 Å². The fourth-order valence-electron chi connectivity index (χ4n) is 1.45. The van der Waals surface area contributed by atoms with Crippen molar-refractivity contribution in [2.24, 2.45) is 0 Å². The minimum Gasteiger partial charge on any atom is -0.492 e. The van der Waals surface area contributed by atoms with Crippen LogP contribution in [-0.4, -0.2) is 6.61 Å². The predicted octanol–water partition coefficient (Wildman–Crippen LogP) is 3.89. The lowest BCUT2D eigenvalue weighted by molar-refractivity contribution is 0.322. The van der Waals surface area contributed by atoms with E-state index in [-0.39, 0.29) is 0 Å². The molecule has 0 radical (unpaired) electrons. The second-order valence-electron chi connectivity index (χ2n) is 3.40. The molecule has 1 aromatic heterocycles. The Balaban J connectivity index is 2.00. The molecule has 0 spiro atoms. The topological polar surface area (TPSA) is 33.0 Å². The fourth-order valence-corrected chi connectivity index (χ4v) is 2.35. The standard InChI is InChI=1S/C13H10ClNOS/c14-12-4-1-5-13(11(12)9-15)16-7-6-10-3-2-8-17-10/h1-5,8H,6-7H2. The lowest BCUT2D eigenvalue weighted by atomic mass is 10.2. The molecule has 0 atom stereocenters. The van der Waals surface area contributed by atoms with Gasteiger partial charge in [0.2, 0.25) is 0 Å². The quantitative estimate of drug-likeness (QED) is 0.838. The van der Waals surface area contributed by atoms with Crippen LogP contribution in [0, 0.1) is 11.3 Å². The fraction of sp³-hybridized carbons (Fsp3) is 0.154. The molecule has 2 aromatic rings. The molecule has 17 heavy (non-hydrogen) atoms. The van der Waals surface area contributed by atoms with Gasteiger partial charge < -0.3 is 4.74 Å². The first kappa shape index (κ1) is 12.0. The number of rotatable bonds is 4. The second-order valence-corrected chi connectivity index (χ2v) is 4.84. The van der Waals surface area contributed by atoms with Crippen molar-refractivity contribution in [3.05, 3.63) is 51.2 Å². The summed E-state index contributed by atoms with van der Waals surface area (Å²) in [6, 6.07) is 11.4. The summed E-state index contributed by atoms with van der Waals surface area (Å²) in [6.45, 7) is 0.551. The largest absolute Gasteiger partial charge is 0.492 e. The SMILES string of the molecule is N#Cc1c(Cl)cccc1OCCc1cccs1. The van der Waals surface area contributed by atoms with Gasteiger partial charge >= 0.3 is 0 Å². The van der Waals surface area contributed by atoms with Crippen LogP contribution in [-0.2, 0) is 6.42 Å². The van der Waals surface area contributed by atoms with Crippen LogP contribution < -0.4 is 4.74 Å². The zero-order valence-electron chi connectivity index (χ0n) is 9.02. The molecule has 2 nitrogen and oxygen atoms in total. The second kappa shape index (κ2) is 5.72. The maximum atomic E-state index is 8.97. The number of thiophene rings is 1. The van der Waals surface area contributed by atoms with E-state index in [9.17, 15) is 0 Å². The Morgan fingerprint density at radius 2 is 2.18 bits per heavy atom. The summed E-state index contributed by atoms with van der Waals surface area (Å²) >= 11 is 7.61. The molecule has 1 aromatic carbocycles. The van der Waals surface area contributed by atoms with Gasteiger partial charge in [0, 0.05) is 11.3 Å². The Morgan fingerprint density at radius 3 is 2.88 bits per heavy atom. The average Bonchev–Trinajstić information content (AvgIpc) is 2.82. The summed E-state index contributed by atoms with van der Waals surface area (Å²) in [7, 11) is 0. The highest BCUT2D eigenvalue weighted by Crippen LogP contribution is 2.25. The summed E-state index contributed by atoms with van der Waals surface area (Å²) < 4.78 is 5.58. The minimum atomic E-state index is 0.403. The van der Waals surface area contributed by atoms with Crippen molar-refractivity contribution in [1.82, 2.24) is 0 Å². The highest BCUT2D eigenvalue weighted by Gasteiger charge is 2.07. The molecule has 0 unspecified atom stereocenters. The summed E-state index contributed by atoms with van der Waals surface area (Å²) in [4.78, 5) is 1.27. The Bertz CT molecular complexity index is 531. The van der Waals surface area contributed by atoms with E-state index < -0.39 is 0 Å². The molecule has 0 N–H and O–H groups in total. The summed E-state index contributed by atoms with van der Waals surface area (Å²) in [5.74, 6) is 0.552. The van der Waals surface area contributed by atoms with Crippen molar-refractivity contribution in [1.29, 1.82) is 5.26 Å². The van der Waals surface area contributed by atoms with E-state index in [0.717, 1.165) is 6.42 Å². The molecule has 0 fully saturated rings. The van der Waals surface area contributed by atoms with Gasteiger partial charge in [0.1, 0.15) is 17.4 Å². The number of nitriles is 1. The third-order valence-electron chi connectivity index (χ3n) is 2.27. The molecule has 86 valence electrons. The molecule has 0 amide bonds. The summed E-state index contributed by atoms with van der Waals surface area (Å²) in [5, 5.41) is 11.4. The number of benzene rings is 1. The van der Waals surface area contributed by atoms with E-state index in [1.54, 1.807) is 29.5 Å². The van der Waals surface area contributed by atoms with Gasteiger partial charge in [-0.05, 0) is 23.6 Å². The van der Waals surface area contributed by atoms with Gasteiger partial charge in [0.25, 0.3) is 0 Å². The first-order valence-electron chi connectivity index (χ1n) is 5.15. The highest BCUT2D eigenvalue weighted by molar-refractivity contribution is 7.09. The van der Waals surface area contributed by atoms with Crippen molar-refractivity contribution < 1.29 is 4.74 Å². The van der Waals surface area contributed by atoms with Crippen molar-refractivity contribution >= 4 is 22.9 Å². The van der Waals surface area contributed by atoms with Crippen molar-refractivity contribution in [2.75, 3.05) is 6.61 Å². The zero-order chi connectivity index (χ0) is 12.1. The predicted molar refractivity (Wildman–Crippen MR) is 69.7 cm³/mol. The normalized spacial score (nSPS) is 9.88. The number of halogens is 1. The molecule has 2 rings (SSSR count). The monoisotopic (exact) mass is 263 g/mol. The molecule has 0 saturated carbocycles. The Kier molecular flexibility index (Phi) is 4.03. The van der Waals surface area contributed by atoms with Crippen molar-refractivity contribution in [3.8, 4) is 11.8 Å². The van der Waals surface area contributed by atoms with Crippen LogP contribution in [0.15, 0.2) is 35.7 Å².